The van der Waals surface area contributed by atoms with Gasteiger partial charge in [-0.25, -0.2) is 0 Å². The average molecular weight is 332 g/mol. The molecule has 1 aliphatic heterocycles. The highest BCUT2D eigenvalue weighted by Gasteiger charge is 2.31. The third kappa shape index (κ3) is 3.65. The summed E-state index contributed by atoms with van der Waals surface area (Å²) in [7, 11) is 0. The summed E-state index contributed by atoms with van der Waals surface area (Å²) in [5.41, 5.74) is 2.14. The van der Waals surface area contributed by atoms with Crippen LogP contribution in [0.4, 0.5) is 5.69 Å². The van der Waals surface area contributed by atoms with Crippen molar-refractivity contribution in [3.8, 4) is 0 Å². The van der Waals surface area contributed by atoms with E-state index in [2.05, 4.69) is 17.4 Å². The number of ketones is 1. The van der Waals surface area contributed by atoms with E-state index in [1.807, 2.05) is 54.2 Å². The van der Waals surface area contributed by atoms with Crippen molar-refractivity contribution in [1.82, 2.24) is 0 Å². The van der Waals surface area contributed by atoms with E-state index in [0.717, 1.165) is 22.8 Å². The molecule has 1 N–H and O–H groups in total. The molecule has 1 heterocycles. The van der Waals surface area contributed by atoms with Crippen LogP contribution in [0.25, 0.3) is 0 Å². The number of hydrogen-bond donors (Lipinski definition) is 1. The Morgan fingerprint density at radius 3 is 2.50 bits per heavy atom. The maximum atomic E-state index is 12.4. The zero-order valence-electron chi connectivity index (χ0n) is 12.2. The number of halogens is 1. The number of Topliss-reactive ketones (excluding diaryl/α,β-unsaturated/α-hetero) is 1. The topological polar surface area (TPSA) is 29.1 Å². The van der Waals surface area contributed by atoms with Gasteiger partial charge in [-0.3, -0.25) is 4.79 Å². The molecule has 1 aliphatic rings. The molecule has 1 fully saturated rings. The van der Waals surface area contributed by atoms with E-state index < -0.39 is 0 Å². The highest BCUT2D eigenvalue weighted by Crippen LogP contribution is 2.33. The monoisotopic (exact) mass is 331 g/mol. The summed E-state index contributed by atoms with van der Waals surface area (Å²) in [5.74, 6) is 2.18. The molecule has 2 atom stereocenters. The largest absolute Gasteiger partial charge is 0.377 e. The van der Waals surface area contributed by atoms with Crippen molar-refractivity contribution in [3.05, 3.63) is 65.2 Å². The minimum atomic E-state index is 0.00248. The van der Waals surface area contributed by atoms with Gasteiger partial charge in [0.1, 0.15) is 5.78 Å². The molecule has 0 amide bonds. The minimum Gasteiger partial charge on any atom is -0.377 e. The molecule has 0 bridgehead atoms. The van der Waals surface area contributed by atoms with Gasteiger partial charge in [-0.2, -0.15) is 11.8 Å². The van der Waals surface area contributed by atoms with E-state index >= 15 is 0 Å². The standard InChI is InChI=1S/C18H18ClNOS/c19-14-6-8-15(9-7-14)20-18(13-4-2-1-3-5-13)16-12-22-11-10-17(16)21/h1-9,16,18,20H,10-12H2/t16-,18+/m0/s1. The third-order valence-corrected chi connectivity index (χ3v) is 5.27. The number of carbonyl (C=O) groups excluding carboxylic acids is 1. The molecule has 0 radical (unpaired) electrons. The number of nitrogens with one attached hydrogen (secondary N) is 1. The smallest absolute Gasteiger partial charge is 0.140 e. The average Bonchev–Trinajstić information content (AvgIpc) is 2.56. The van der Waals surface area contributed by atoms with E-state index in [1.54, 1.807) is 0 Å². The van der Waals surface area contributed by atoms with Crippen LogP contribution in [0.15, 0.2) is 54.6 Å². The van der Waals surface area contributed by atoms with Crippen LogP contribution in [0.5, 0.6) is 0 Å². The molecule has 0 aromatic heterocycles. The second-order valence-electron chi connectivity index (χ2n) is 5.44. The third-order valence-electron chi connectivity index (χ3n) is 3.93. The Kier molecular flexibility index (Phi) is 5.06. The molecular formula is C18H18ClNOS. The molecule has 22 heavy (non-hydrogen) atoms. The highest BCUT2D eigenvalue weighted by molar-refractivity contribution is 7.99. The Labute approximate surface area is 140 Å². The Morgan fingerprint density at radius 2 is 1.82 bits per heavy atom. The van der Waals surface area contributed by atoms with Crippen molar-refractivity contribution in [2.75, 3.05) is 16.8 Å². The van der Waals surface area contributed by atoms with Gasteiger partial charge >= 0.3 is 0 Å². The Balaban J connectivity index is 1.88. The molecular weight excluding hydrogens is 314 g/mol. The zero-order chi connectivity index (χ0) is 15.4. The van der Waals surface area contributed by atoms with Gasteiger partial charge < -0.3 is 5.32 Å². The first-order chi connectivity index (χ1) is 10.7. The van der Waals surface area contributed by atoms with E-state index in [9.17, 15) is 4.79 Å². The summed E-state index contributed by atoms with van der Waals surface area (Å²) >= 11 is 7.81. The van der Waals surface area contributed by atoms with Gasteiger partial charge in [0.05, 0.1) is 12.0 Å². The molecule has 2 aromatic rings. The Hall–Kier alpha value is -1.45. The van der Waals surface area contributed by atoms with Crippen LogP contribution < -0.4 is 5.32 Å². The lowest BCUT2D eigenvalue weighted by molar-refractivity contribution is -0.122. The Morgan fingerprint density at radius 1 is 1.09 bits per heavy atom. The van der Waals surface area contributed by atoms with E-state index in [0.29, 0.717) is 17.2 Å². The Bertz CT molecular complexity index is 629. The highest BCUT2D eigenvalue weighted by atomic mass is 35.5. The van der Waals surface area contributed by atoms with E-state index in [4.69, 9.17) is 11.6 Å². The fourth-order valence-corrected chi connectivity index (χ4v) is 4.02. The first kappa shape index (κ1) is 15.4. The predicted molar refractivity (Wildman–Crippen MR) is 94.7 cm³/mol. The zero-order valence-corrected chi connectivity index (χ0v) is 13.7. The number of hydrogen-bond acceptors (Lipinski definition) is 3. The van der Waals surface area contributed by atoms with E-state index in [-0.39, 0.29) is 12.0 Å². The van der Waals surface area contributed by atoms with Crippen molar-refractivity contribution >= 4 is 34.8 Å². The first-order valence-electron chi connectivity index (χ1n) is 7.41. The van der Waals surface area contributed by atoms with Crippen LogP contribution in [0.1, 0.15) is 18.0 Å². The summed E-state index contributed by atoms with van der Waals surface area (Å²) in [6.07, 6.45) is 0.668. The molecule has 2 aromatic carbocycles. The van der Waals surface area contributed by atoms with Crippen molar-refractivity contribution in [1.29, 1.82) is 0 Å². The molecule has 0 spiro atoms. The number of carbonyl (C=O) groups is 1. The van der Waals surface area contributed by atoms with Crippen LogP contribution in [-0.2, 0) is 4.79 Å². The predicted octanol–water partition coefficient (Wildman–Crippen LogP) is 4.82. The van der Waals surface area contributed by atoms with Crippen LogP contribution in [0, 0.1) is 5.92 Å². The lowest BCUT2D eigenvalue weighted by atomic mass is 9.89. The lowest BCUT2D eigenvalue weighted by Crippen LogP contribution is -2.32. The molecule has 0 unspecified atom stereocenters. The van der Waals surface area contributed by atoms with E-state index in [1.165, 1.54) is 0 Å². The van der Waals surface area contributed by atoms with Crippen molar-refractivity contribution in [3.63, 3.8) is 0 Å². The van der Waals surface area contributed by atoms with Gasteiger partial charge in [0.25, 0.3) is 0 Å². The lowest BCUT2D eigenvalue weighted by Gasteiger charge is -2.30. The normalized spacial score (nSPS) is 19.7. The minimum absolute atomic E-state index is 0.00248. The summed E-state index contributed by atoms with van der Waals surface area (Å²) < 4.78 is 0. The number of anilines is 1. The van der Waals surface area contributed by atoms with Crippen LogP contribution in [-0.4, -0.2) is 17.3 Å². The maximum Gasteiger partial charge on any atom is 0.140 e. The van der Waals surface area contributed by atoms with Crippen molar-refractivity contribution in [2.45, 2.75) is 12.5 Å². The number of rotatable bonds is 4. The van der Waals surface area contributed by atoms with Crippen LogP contribution in [0.3, 0.4) is 0 Å². The molecule has 4 heteroatoms. The quantitative estimate of drug-likeness (QED) is 0.871. The van der Waals surface area contributed by atoms with Gasteiger partial charge in [-0.15, -0.1) is 0 Å². The first-order valence-corrected chi connectivity index (χ1v) is 8.95. The second-order valence-corrected chi connectivity index (χ2v) is 7.02. The van der Waals surface area contributed by atoms with Crippen LogP contribution >= 0.6 is 23.4 Å². The fraction of sp³-hybridized carbons (Fsp3) is 0.278. The summed E-state index contributed by atoms with van der Waals surface area (Å²) in [6.45, 7) is 0. The molecule has 1 saturated heterocycles. The molecule has 0 saturated carbocycles. The van der Waals surface area contributed by atoms with Gasteiger partial charge in [-0.1, -0.05) is 41.9 Å². The fourth-order valence-electron chi connectivity index (χ4n) is 2.75. The van der Waals surface area contributed by atoms with Gasteiger partial charge in [0.2, 0.25) is 0 Å². The van der Waals surface area contributed by atoms with Crippen molar-refractivity contribution < 1.29 is 4.79 Å². The summed E-state index contributed by atoms with van der Waals surface area (Å²) in [6, 6.07) is 17.9. The number of thioether (sulfide) groups is 1. The summed E-state index contributed by atoms with van der Waals surface area (Å²) in [5, 5.41) is 4.24. The number of benzene rings is 2. The molecule has 3 rings (SSSR count). The molecule has 0 aliphatic carbocycles. The van der Waals surface area contributed by atoms with Crippen molar-refractivity contribution in [2.24, 2.45) is 5.92 Å². The van der Waals surface area contributed by atoms with Crippen LogP contribution in [0.2, 0.25) is 5.02 Å². The van der Waals surface area contributed by atoms with Gasteiger partial charge in [0, 0.05) is 28.6 Å². The van der Waals surface area contributed by atoms with Gasteiger partial charge in [0.15, 0.2) is 0 Å². The molecule has 2 nitrogen and oxygen atoms in total. The SMILES string of the molecule is O=C1CCSC[C@@H]1[C@H](Nc1ccc(Cl)cc1)c1ccccc1. The summed E-state index contributed by atoms with van der Waals surface area (Å²) in [4.78, 5) is 12.4. The second kappa shape index (κ2) is 7.21. The molecule has 114 valence electrons. The maximum absolute atomic E-state index is 12.4. The van der Waals surface area contributed by atoms with Gasteiger partial charge in [-0.05, 0) is 29.8 Å².